The molecule has 0 aliphatic rings. The van der Waals surface area contributed by atoms with Crippen LogP contribution in [-0.2, 0) is 0 Å². The predicted octanol–water partition coefficient (Wildman–Crippen LogP) is 4.59. The van der Waals surface area contributed by atoms with Crippen molar-refractivity contribution in [3.05, 3.63) is 58.6 Å². The van der Waals surface area contributed by atoms with Gasteiger partial charge in [0.15, 0.2) is 11.6 Å². The van der Waals surface area contributed by atoms with Gasteiger partial charge in [-0.25, -0.2) is 8.78 Å². The molecular weight excluding hydrogens is 230 g/mol. The molecule has 0 fully saturated rings. The number of hydrogen-bond donors (Lipinski definition) is 0. The van der Waals surface area contributed by atoms with Crippen LogP contribution in [0.3, 0.4) is 0 Å². The molecule has 0 N–H and O–H groups in total. The Labute approximate surface area is 97.5 Å². The molecular formula is C13H9ClF2. The van der Waals surface area contributed by atoms with Gasteiger partial charge in [0.1, 0.15) is 0 Å². The second-order valence-electron chi connectivity index (χ2n) is 3.57. The van der Waals surface area contributed by atoms with Crippen molar-refractivity contribution in [1.29, 1.82) is 0 Å². The molecule has 2 rings (SSSR count). The molecule has 0 saturated carbocycles. The number of benzene rings is 2. The molecule has 0 saturated heterocycles. The van der Waals surface area contributed by atoms with E-state index in [-0.39, 0.29) is 5.56 Å². The molecule has 82 valence electrons. The highest BCUT2D eigenvalue weighted by molar-refractivity contribution is 6.31. The Morgan fingerprint density at radius 2 is 1.81 bits per heavy atom. The fraction of sp³-hybridized carbons (Fsp3) is 0.0769. The summed E-state index contributed by atoms with van der Waals surface area (Å²) in [7, 11) is 0. The van der Waals surface area contributed by atoms with E-state index in [0.717, 1.165) is 11.6 Å². The summed E-state index contributed by atoms with van der Waals surface area (Å²) < 4.78 is 26.6. The summed E-state index contributed by atoms with van der Waals surface area (Å²) in [5.74, 6) is -1.67. The van der Waals surface area contributed by atoms with Crippen LogP contribution in [0.15, 0.2) is 36.4 Å². The van der Waals surface area contributed by atoms with Crippen LogP contribution in [0.4, 0.5) is 8.78 Å². The van der Waals surface area contributed by atoms with Crippen molar-refractivity contribution >= 4 is 11.6 Å². The molecule has 0 spiro atoms. The lowest BCUT2D eigenvalue weighted by Crippen LogP contribution is -1.89. The standard InChI is InChI=1S/C13H9ClF2/c1-8-7-9(5-6-11(8)14)10-3-2-4-12(15)13(10)16/h2-7H,1H3. The van der Waals surface area contributed by atoms with Gasteiger partial charge in [0.05, 0.1) is 0 Å². The quantitative estimate of drug-likeness (QED) is 0.682. The lowest BCUT2D eigenvalue weighted by Gasteiger charge is -2.06. The molecule has 16 heavy (non-hydrogen) atoms. The molecule has 0 aromatic heterocycles. The van der Waals surface area contributed by atoms with Crippen molar-refractivity contribution in [2.24, 2.45) is 0 Å². The van der Waals surface area contributed by atoms with Gasteiger partial charge in [-0.05, 0) is 36.2 Å². The van der Waals surface area contributed by atoms with Crippen LogP contribution in [0.5, 0.6) is 0 Å². The van der Waals surface area contributed by atoms with Crippen molar-refractivity contribution in [2.75, 3.05) is 0 Å². The SMILES string of the molecule is Cc1cc(-c2cccc(F)c2F)ccc1Cl. The van der Waals surface area contributed by atoms with E-state index >= 15 is 0 Å². The Kier molecular flexibility index (Phi) is 2.92. The minimum atomic E-state index is -0.842. The van der Waals surface area contributed by atoms with Gasteiger partial charge in [0.2, 0.25) is 0 Å². The molecule has 0 heterocycles. The van der Waals surface area contributed by atoms with Gasteiger partial charge in [-0.15, -0.1) is 0 Å². The van der Waals surface area contributed by atoms with E-state index in [2.05, 4.69) is 0 Å². The van der Waals surface area contributed by atoms with Crippen LogP contribution >= 0.6 is 11.6 Å². The van der Waals surface area contributed by atoms with E-state index in [1.807, 2.05) is 6.92 Å². The van der Waals surface area contributed by atoms with E-state index in [0.29, 0.717) is 10.6 Å². The highest BCUT2D eigenvalue weighted by Gasteiger charge is 2.10. The van der Waals surface area contributed by atoms with E-state index in [4.69, 9.17) is 11.6 Å². The topological polar surface area (TPSA) is 0 Å². The van der Waals surface area contributed by atoms with E-state index in [1.165, 1.54) is 6.07 Å². The Balaban J connectivity index is 2.59. The summed E-state index contributed by atoms with van der Waals surface area (Å²) in [6, 6.07) is 9.21. The number of hydrogen-bond acceptors (Lipinski definition) is 0. The molecule has 0 aliphatic carbocycles. The minimum Gasteiger partial charge on any atom is -0.204 e. The normalized spacial score (nSPS) is 10.5. The lowest BCUT2D eigenvalue weighted by molar-refractivity contribution is 0.511. The Bertz CT molecular complexity index is 535. The van der Waals surface area contributed by atoms with Gasteiger partial charge in [0.25, 0.3) is 0 Å². The molecule has 2 aromatic rings. The zero-order chi connectivity index (χ0) is 11.7. The van der Waals surface area contributed by atoms with Crippen molar-refractivity contribution in [2.45, 2.75) is 6.92 Å². The largest absolute Gasteiger partial charge is 0.204 e. The maximum absolute atomic E-state index is 13.5. The first kappa shape index (κ1) is 11.1. The molecule has 0 nitrogen and oxygen atoms in total. The summed E-state index contributed by atoms with van der Waals surface area (Å²) in [4.78, 5) is 0. The maximum Gasteiger partial charge on any atom is 0.166 e. The van der Waals surface area contributed by atoms with Crippen LogP contribution in [0.2, 0.25) is 5.02 Å². The first-order valence-electron chi connectivity index (χ1n) is 4.80. The lowest BCUT2D eigenvalue weighted by atomic mass is 10.0. The van der Waals surface area contributed by atoms with Gasteiger partial charge in [-0.1, -0.05) is 29.8 Å². The van der Waals surface area contributed by atoms with Gasteiger partial charge < -0.3 is 0 Å². The molecule has 0 radical (unpaired) electrons. The first-order valence-corrected chi connectivity index (χ1v) is 5.18. The maximum atomic E-state index is 13.5. The second kappa shape index (κ2) is 4.22. The van der Waals surface area contributed by atoms with Crippen LogP contribution in [0.25, 0.3) is 11.1 Å². The molecule has 0 amide bonds. The fourth-order valence-corrected chi connectivity index (χ4v) is 1.66. The second-order valence-corrected chi connectivity index (χ2v) is 3.97. The van der Waals surface area contributed by atoms with Crippen LogP contribution < -0.4 is 0 Å². The van der Waals surface area contributed by atoms with E-state index in [1.54, 1.807) is 24.3 Å². The monoisotopic (exact) mass is 238 g/mol. The predicted molar refractivity (Wildman–Crippen MR) is 61.5 cm³/mol. The average molecular weight is 239 g/mol. The van der Waals surface area contributed by atoms with Crippen molar-refractivity contribution in [3.8, 4) is 11.1 Å². The molecule has 0 aliphatic heterocycles. The summed E-state index contributed by atoms with van der Waals surface area (Å²) in [5, 5.41) is 0.612. The Morgan fingerprint density at radius 1 is 1.06 bits per heavy atom. The third kappa shape index (κ3) is 1.93. The number of halogens is 3. The van der Waals surface area contributed by atoms with Crippen LogP contribution in [0.1, 0.15) is 5.56 Å². The number of aryl methyl sites for hydroxylation is 1. The van der Waals surface area contributed by atoms with Crippen molar-refractivity contribution < 1.29 is 8.78 Å². The summed E-state index contributed by atoms with van der Waals surface area (Å²) in [6.07, 6.45) is 0. The average Bonchev–Trinajstić information content (AvgIpc) is 2.26. The molecule has 0 unspecified atom stereocenters. The summed E-state index contributed by atoms with van der Waals surface area (Å²) >= 11 is 5.87. The van der Waals surface area contributed by atoms with Crippen molar-refractivity contribution in [3.63, 3.8) is 0 Å². The van der Waals surface area contributed by atoms with Crippen LogP contribution in [0, 0.1) is 18.6 Å². The number of rotatable bonds is 1. The Hall–Kier alpha value is -1.41. The van der Waals surface area contributed by atoms with Crippen molar-refractivity contribution in [1.82, 2.24) is 0 Å². The first-order chi connectivity index (χ1) is 7.59. The van der Waals surface area contributed by atoms with E-state index in [9.17, 15) is 8.78 Å². The Morgan fingerprint density at radius 3 is 2.50 bits per heavy atom. The summed E-state index contributed by atoms with van der Waals surface area (Å²) in [5.41, 5.74) is 1.71. The van der Waals surface area contributed by atoms with Crippen LogP contribution in [-0.4, -0.2) is 0 Å². The molecule has 2 aromatic carbocycles. The third-order valence-electron chi connectivity index (χ3n) is 2.42. The zero-order valence-electron chi connectivity index (χ0n) is 8.60. The molecule has 0 atom stereocenters. The van der Waals surface area contributed by atoms with Gasteiger partial charge in [0, 0.05) is 10.6 Å². The molecule has 3 heteroatoms. The highest BCUT2D eigenvalue weighted by atomic mass is 35.5. The fourth-order valence-electron chi connectivity index (χ4n) is 1.54. The van der Waals surface area contributed by atoms with Gasteiger partial charge in [-0.3, -0.25) is 0 Å². The smallest absolute Gasteiger partial charge is 0.166 e. The van der Waals surface area contributed by atoms with Gasteiger partial charge in [-0.2, -0.15) is 0 Å². The zero-order valence-corrected chi connectivity index (χ0v) is 9.35. The third-order valence-corrected chi connectivity index (χ3v) is 2.84. The minimum absolute atomic E-state index is 0.250. The van der Waals surface area contributed by atoms with E-state index < -0.39 is 11.6 Å². The molecule has 0 bridgehead atoms. The highest BCUT2D eigenvalue weighted by Crippen LogP contribution is 2.27. The van der Waals surface area contributed by atoms with Gasteiger partial charge >= 0.3 is 0 Å². The summed E-state index contributed by atoms with van der Waals surface area (Å²) in [6.45, 7) is 1.82.